The number of para-hydroxylation sites is 1. The normalized spacial score (nSPS) is 17.3. The van der Waals surface area contributed by atoms with Gasteiger partial charge in [-0.25, -0.2) is 0 Å². The zero-order valence-electron chi connectivity index (χ0n) is 20.5. The number of aryl methyl sites for hydroxylation is 1. The topological polar surface area (TPSA) is 45.1 Å². The highest BCUT2D eigenvalue weighted by Gasteiger charge is 2.41. The van der Waals surface area contributed by atoms with Crippen molar-refractivity contribution < 1.29 is 0 Å². The second-order valence-electron chi connectivity index (χ2n) is 9.11. The molecule has 184 valence electrons. The van der Waals surface area contributed by atoms with Crippen LogP contribution in [0.2, 0.25) is 0 Å². The lowest BCUT2D eigenvalue weighted by Gasteiger charge is -2.28. The monoisotopic (exact) mass is 559 g/mol. The number of anilines is 1. The Labute approximate surface area is 226 Å². The van der Waals surface area contributed by atoms with Crippen molar-refractivity contribution in [1.82, 2.24) is 19.8 Å². The minimum absolute atomic E-state index is 0.0164. The van der Waals surface area contributed by atoms with Crippen molar-refractivity contribution in [2.75, 3.05) is 18.4 Å². The Hall–Kier alpha value is -3.16. The molecule has 1 saturated heterocycles. The lowest BCUT2D eigenvalue weighted by Crippen LogP contribution is -2.31. The van der Waals surface area contributed by atoms with Crippen molar-refractivity contribution in [3.05, 3.63) is 112 Å². The van der Waals surface area contributed by atoms with E-state index in [1.165, 1.54) is 17.0 Å². The van der Waals surface area contributed by atoms with Crippen LogP contribution in [-0.4, -0.2) is 32.7 Å². The van der Waals surface area contributed by atoms with Gasteiger partial charge < -0.3 is 20.1 Å². The third-order valence-electron chi connectivity index (χ3n) is 6.73. The van der Waals surface area contributed by atoms with Crippen molar-refractivity contribution >= 4 is 38.9 Å². The summed E-state index contributed by atoms with van der Waals surface area (Å²) in [5.74, 6) is 0. The quantitative estimate of drug-likeness (QED) is 0.185. The van der Waals surface area contributed by atoms with Gasteiger partial charge in [0, 0.05) is 46.5 Å². The van der Waals surface area contributed by atoms with Crippen LogP contribution in [0.1, 0.15) is 41.1 Å². The molecule has 1 aliphatic rings. The molecule has 0 spiro atoms. The standard InChI is InChI=1S/C29H30BrN5S/c1-20-18-25(21(2)35(20)24-13-8-10-22(30)19-24)28-27(26-14-6-7-15-32-26)33-29(36)34(28)17-9-16-31-23-11-4-3-5-12-23/h3-8,10-15,18-19,27-28,31H,9,16-17H2,1-2H3,(H,33,36)/t27-,28+/m0/s1. The smallest absolute Gasteiger partial charge is 0.170 e. The highest BCUT2D eigenvalue weighted by molar-refractivity contribution is 9.10. The number of rotatable bonds is 8. The van der Waals surface area contributed by atoms with E-state index in [1.807, 2.05) is 24.4 Å². The fourth-order valence-corrected chi connectivity index (χ4v) is 5.84. The molecule has 0 radical (unpaired) electrons. The molecule has 4 aromatic rings. The minimum Gasteiger partial charge on any atom is -0.385 e. The molecule has 36 heavy (non-hydrogen) atoms. The Morgan fingerprint density at radius 2 is 1.81 bits per heavy atom. The average molecular weight is 561 g/mol. The van der Waals surface area contributed by atoms with Crippen LogP contribution in [0.3, 0.4) is 0 Å². The van der Waals surface area contributed by atoms with Gasteiger partial charge in [0.1, 0.15) is 0 Å². The summed E-state index contributed by atoms with van der Waals surface area (Å²) in [4.78, 5) is 7.04. The maximum absolute atomic E-state index is 5.88. The van der Waals surface area contributed by atoms with Gasteiger partial charge in [0.15, 0.2) is 5.11 Å². The van der Waals surface area contributed by atoms with Crippen molar-refractivity contribution in [2.45, 2.75) is 32.4 Å². The fourth-order valence-electron chi connectivity index (χ4n) is 5.12. The maximum atomic E-state index is 5.88. The van der Waals surface area contributed by atoms with Crippen molar-refractivity contribution in [3.63, 3.8) is 0 Å². The van der Waals surface area contributed by atoms with Crippen LogP contribution < -0.4 is 10.6 Å². The predicted octanol–water partition coefficient (Wildman–Crippen LogP) is 6.73. The molecule has 1 fully saturated rings. The molecule has 2 aromatic heterocycles. The molecule has 0 aliphatic carbocycles. The van der Waals surface area contributed by atoms with Gasteiger partial charge in [0.05, 0.1) is 17.8 Å². The number of hydrogen-bond donors (Lipinski definition) is 2. The van der Waals surface area contributed by atoms with Crippen LogP contribution in [0.25, 0.3) is 5.69 Å². The second-order valence-corrected chi connectivity index (χ2v) is 10.4. The molecular weight excluding hydrogens is 530 g/mol. The van der Waals surface area contributed by atoms with E-state index in [0.29, 0.717) is 0 Å². The summed E-state index contributed by atoms with van der Waals surface area (Å²) in [7, 11) is 0. The predicted molar refractivity (Wildman–Crippen MR) is 155 cm³/mol. The summed E-state index contributed by atoms with van der Waals surface area (Å²) in [6.07, 6.45) is 2.82. The first kappa shape index (κ1) is 24.5. The zero-order chi connectivity index (χ0) is 25.1. The number of halogens is 1. The Morgan fingerprint density at radius 1 is 1.00 bits per heavy atom. The van der Waals surface area contributed by atoms with Gasteiger partial charge in [0.2, 0.25) is 0 Å². The Kier molecular flexibility index (Phi) is 7.39. The minimum atomic E-state index is -0.0164. The van der Waals surface area contributed by atoms with E-state index in [-0.39, 0.29) is 12.1 Å². The maximum Gasteiger partial charge on any atom is 0.170 e. The molecule has 0 amide bonds. The van der Waals surface area contributed by atoms with Crippen molar-refractivity contribution in [3.8, 4) is 5.69 Å². The third kappa shape index (κ3) is 5.04. The highest BCUT2D eigenvalue weighted by atomic mass is 79.9. The lowest BCUT2D eigenvalue weighted by molar-refractivity contribution is 0.315. The van der Waals surface area contributed by atoms with Gasteiger partial charge >= 0.3 is 0 Å². The van der Waals surface area contributed by atoms with Gasteiger partial charge in [0.25, 0.3) is 0 Å². The fraction of sp³-hybridized carbons (Fsp3) is 0.241. The molecule has 0 saturated carbocycles. The summed E-state index contributed by atoms with van der Waals surface area (Å²) in [5, 5.41) is 7.89. The number of nitrogens with one attached hydrogen (secondary N) is 2. The molecule has 0 bridgehead atoms. The van der Waals surface area contributed by atoms with Gasteiger partial charge in [-0.3, -0.25) is 4.98 Å². The van der Waals surface area contributed by atoms with Crippen molar-refractivity contribution in [1.29, 1.82) is 0 Å². The second kappa shape index (κ2) is 10.8. The summed E-state index contributed by atoms with van der Waals surface area (Å²) in [5.41, 5.74) is 6.97. The van der Waals surface area contributed by atoms with Crippen molar-refractivity contribution in [2.24, 2.45) is 0 Å². The first-order valence-electron chi connectivity index (χ1n) is 12.2. The number of hydrogen-bond acceptors (Lipinski definition) is 3. The molecule has 0 unspecified atom stereocenters. The summed E-state index contributed by atoms with van der Waals surface area (Å²) >= 11 is 9.51. The average Bonchev–Trinajstić information content (AvgIpc) is 3.37. The van der Waals surface area contributed by atoms with E-state index in [1.54, 1.807) is 0 Å². The number of aromatic nitrogens is 2. The number of pyridine rings is 1. The summed E-state index contributed by atoms with van der Waals surface area (Å²) in [6.45, 7) is 6.10. The van der Waals surface area contributed by atoms with E-state index >= 15 is 0 Å². The van der Waals surface area contributed by atoms with Crippen LogP contribution in [-0.2, 0) is 0 Å². The first-order valence-corrected chi connectivity index (χ1v) is 13.4. The zero-order valence-corrected chi connectivity index (χ0v) is 22.9. The van der Waals surface area contributed by atoms with Crippen LogP contribution >= 0.6 is 28.1 Å². The number of nitrogens with zero attached hydrogens (tertiary/aromatic N) is 3. The first-order chi connectivity index (χ1) is 17.5. The van der Waals surface area contributed by atoms with Crippen LogP contribution in [0, 0.1) is 13.8 Å². The largest absolute Gasteiger partial charge is 0.385 e. The molecule has 7 heteroatoms. The number of benzene rings is 2. The van der Waals surface area contributed by atoms with Gasteiger partial charge in [-0.05, 0) is 86.6 Å². The summed E-state index contributed by atoms with van der Waals surface area (Å²) < 4.78 is 3.39. The molecule has 2 aromatic carbocycles. The molecule has 2 N–H and O–H groups in total. The molecular formula is C29H30BrN5S. The molecule has 5 rings (SSSR count). The molecule has 2 atom stereocenters. The molecule has 3 heterocycles. The highest BCUT2D eigenvalue weighted by Crippen LogP contribution is 2.41. The van der Waals surface area contributed by atoms with Gasteiger partial charge in [-0.2, -0.15) is 0 Å². The Bertz CT molecular complexity index is 1340. The lowest BCUT2D eigenvalue weighted by atomic mass is 9.96. The van der Waals surface area contributed by atoms with E-state index in [9.17, 15) is 0 Å². The van der Waals surface area contributed by atoms with E-state index in [4.69, 9.17) is 17.2 Å². The number of thiocarbonyl (C=S) groups is 1. The van der Waals surface area contributed by atoms with Gasteiger partial charge in [-0.15, -0.1) is 0 Å². The van der Waals surface area contributed by atoms with E-state index in [0.717, 1.165) is 46.2 Å². The van der Waals surface area contributed by atoms with Crippen LogP contribution in [0.5, 0.6) is 0 Å². The molecule has 5 nitrogen and oxygen atoms in total. The third-order valence-corrected chi connectivity index (χ3v) is 7.58. The van der Waals surface area contributed by atoms with Gasteiger partial charge in [-0.1, -0.05) is 46.3 Å². The molecule has 1 aliphatic heterocycles. The Morgan fingerprint density at radius 3 is 2.56 bits per heavy atom. The SMILES string of the molecule is Cc1cc([C@@H]2[C@H](c3ccccn3)NC(=S)N2CCCNc2ccccc2)c(C)n1-c1cccc(Br)c1. The van der Waals surface area contributed by atoms with E-state index < -0.39 is 0 Å². The van der Waals surface area contributed by atoms with Crippen LogP contribution in [0.15, 0.2) is 89.5 Å². The Balaban J connectivity index is 1.46. The van der Waals surface area contributed by atoms with Crippen LogP contribution in [0.4, 0.5) is 5.69 Å². The van der Waals surface area contributed by atoms with E-state index in [2.05, 4.69) is 111 Å². The summed E-state index contributed by atoms with van der Waals surface area (Å²) in [6, 6.07) is 27.2.